The topological polar surface area (TPSA) is 86.1 Å². The molecule has 0 bridgehead atoms. The van der Waals surface area contributed by atoms with Crippen molar-refractivity contribution in [2.24, 2.45) is 0 Å². The fourth-order valence-corrected chi connectivity index (χ4v) is 2.77. The first-order valence-electron chi connectivity index (χ1n) is 8.41. The number of fused-ring (bicyclic) bond motifs is 1. The average Bonchev–Trinajstić information content (AvgIpc) is 3.01. The average molecular weight is 352 g/mol. The summed E-state index contributed by atoms with van der Waals surface area (Å²) in [4.78, 5) is 32.9. The SMILES string of the molecule is CCOC(=O)Cn1c(C(C)NC(=O)c2ccncc2)nc2ccccc21. The molecule has 3 rings (SSSR count). The highest BCUT2D eigenvalue weighted by molar-refractivity contribution is 5.94. The molecule has 0 aliphatic carbocycles. The Bertz CT molecular complexity index is 921. The molecule has 0 spiro atoms. The van der Waals surface area contributed by atoms with Crippen molar-refractivity contribution in [1.82, 2.24) is 19.9 Å². The summed E-state index contributed by atoms with van der Waals surface area (Å²) in [6.07, 6.45) is 3.13. The Morgan fingerprint density at radius 2 is 1.92 bits per heavy atom. The zero-order valence-corrected chi connectivity index (χ0v) is 14.7. The molecule has 0 radical (unpaired) electrons. The number of nitrogens with one attached hydrogen (secondary N) is 1. The van der Waals surface area contributed by atoms with E-state index in [9.17, 15) is 9.59 Å². The first-order valence-corrected chi connectivity index (χ1v) is 8.41. The van der Waals surface area contributed by atoms with Gasteiger partial charge in [0.1, 0.15) is 12.4 Å². The number of imidazole rings is 1. The number of carbonyl (C=O) groups excluding carboxylic acids is 2. The fraction of sp³-hybridized carbons (Fsp3) is 0.263. The molecule has 26 heavy (non-hydrogen) atoms. The van der Waals surface area contributed by atoms with Gasteiger partial charge in [-0.3, -0.25) is 14.6 Å². The highest BCUT2D eigenvalue weighted by atomic mass is 16.5. The van der Waals surface area contributed by atoms with E-state index in [0.717, 1.165) is 11.0 Å². The van der Waals surface area contributed by atoms with Crippen molar-refractivity contribution in [2.45, 2.75) is 26.4 Å². The minimum absolute atomic E-state index is 0.0408. The molecule has 0 saturated heterocycles. The Morgan fingerprint density at radius 1 is 1.19 bits per heavy atom. The van der Waals surface area contributed by atoms with Gasteiger partial charge in [-0.2, -0.15) is 0 Å². The van der Waals surface area contributed by atoms with Crippen molar-refractivity contribution in [3.05, 3.63) is 60.2 Å². The number of para-hydroxylation sites is 2. The van der Waals surface area contributed by atoms with Crippen LogP contribution in [0.5, 0.6) is 0 Å². The number of nitrogens with zero attached hydrogens (tertiary/aromatic N) is 3. The smallest absolute Gasteiger partial charge is 0.326 e. The van der Waals surface area contributed by atoms with E-state index in [1.54, 1.807) is 36.0 Å². The molecule has 1 amide bonds. The van der Waals surface area contributed by atoms with E-state index in [1.807, 2.05) is 31.2 Å². The number of ether oxygens (including phenoxy) is 1. The van der Waals surface area contributed by atoms with Crippen LogP contribution < -0.4 is 5.32 Å². The lowest BCUT2D eigenvalue weighted by Crippen LogP contribution is -2.29. The van der Waals surface area contributed by atoms with Crippen LogP contribution in [0.4, 0.5) is 0 Å². The van der Waals surface area contributed by atoms with Crippen LogP contribution in [-0.4, -0.2) is 33.0 Å². The minimum atomic E-state index is -0.391. The van der Waals surface area contributed by atoms with Gasteiger partial charge in [0.2, 0.25) is 0 Å². The number of hydrogen-bond acceptors (Lipinski definition) is 5. The molecule has 2 heterocycles. The number of rotatable bonds is 6. The van der Waals surface area contributed by atoms with E-state index in [0.29, 0.717) is 18.0 Å². The maximum atomic E-state index is 12.4. The summed E-state index contributed by atoms with van der Waals surface area (Å²) >= 11 is 0. The van der Waals surface area contributed by atoms with Crippen molar-refractivity contribution >= 4 is 22.9 Å². The summed E-state index contributed by atoms with van der Waals surface area (Å²) in [6.45, 7) is 3.96. The van der Waals surface area contributed by atoms with Crippen LogP contribution >= 0.6 is 0 Å². The van der Waals surface area contributed by atoms with Gasteiger partial charge in [-0.05, 0) is 38.1 Å². The molecule has 3 aromatic rings. The summed E-state index contributed by atoms with van der Waals surface area (Å²) in [5, 5.41) is 2.92. The summed E-state index contributed by atoms with van der Waals surface area (Å²) in [5.74, 6) is 0.0286. The van der Waals surface area contributed by atoms with Crippen LogP contribution in [0.1, 0.15) is 36.1 Å². The predicted molar refractivity (Wildman–Crippen MR) is 96.5 cm³/mol. The molecule has 0 saturated carbocycles. The standard InChI is InChI=1S/C19H20N4O3/c1-3-26-17(24)12-23-16-7-5-4-6-15(16)22-18(23)13(2)21-19(25)14-8-10-20-11-9-14/h4-11,13H,3,12H2,1-2H3,(H,21,25). The number of benzene rings is 1. The number of pyridine rings is 1. The molecule has 1 aromatic carbocycles. The Morgan fingerprint density at radius 3 is 2.65 bits per heavy atom. The summed E-state index contributed by atoms with van der Waals surface area (Å²) in [5.41, 5.74) is 2.09. The second kappa shape index (κ2) is 7.77. The Labute approximate surface area is 151 Å². The summed E-state index contributed by atoms with van der Waals surface area (Å²) in [7, 11) is 0. The van der Waals surface area contributed by atoms with Crippen molar-refractivity contribution in [3.8, 4) is 0 Å². The third-order valence-electron chi connectivity index (χ3n) is 3.95. The van der Waals surface area contributed by atoms with E-state index >= 15 is 0 Å². The van der Waals surface area contributed by atoms with Crippen LogP contribution in [0.25, 0.3) is 11.0 Å². The van der Waals surface area contributed by atoms with Crippen molar-refractivity contribution in [1.29, 1.82) is 0 Å². The molecule has 0 aliphatic heterocycles. The third-order valence-corrected chi connectivity index (χ3v) is 3.95. The second-order valence-corrected chi connectivity index (χ2v) is 5.78. The van der Waals surface area contributed by atoms with Gasteiger partial charge in [-0.15, -0.1) is 0 Å². The van der Waals surface area contributed by atoms with E-state index in [4.69, 9.17) is 4.74 Å². The first kappa shape index (κ1) is 17.6. The first-order chi connectivity index (χ1) is 12.6. The zero-order chi connectivity index (χ0) is 18.5. The molecule has 0 aliphatic rings. The lowest BCUT2D eigenvalue weighted by Gasteiger charge is -2.16. The number of esters is 1. The molecule has 1 atom stereocenters. The van der Waals surface area contributed by atoms with Crippen LogP contribution in [0, 0.1) is 0 Å². The molecule has 0 fully saturated rings. The lowest BCUT2D eigenvalue weighted by atomic mass is 10.2. The third kappa shape index (κ3) is 3.72. The van der Waals surface area contributed by atoms with Gasteiger partial charge >= 0.3 is 5.97 Å². The van der Waals surface area contributed by atoms with Crippen LogP contribution in [-0.2, 0) is 16.1 Å². The Hall–Kier alpha value is -3.22. The normalized spacial score (nSPS) is 11.9. The van der Waals surface area contributed by atoms with E-state index in [-0.39, 0.29) is 18.4 Å². The lowest BCUT2D eigenvalue weighted by molar-refractivity contribution is -0.143. The summed E-state index contributed by atoms with van der Waals surface area (Å²) in [6, 6.07) is 10.4. The number of hydrogen-bond donors (Lipinski definition) is 1. The monoisotopic (exact) mass is 352 g/mol. The second-order valence-electron chi connectivity index (χ2n) is 5.78. The maximum Gasteiger partial charge on any atom is 0.326 e. The molecular weight excluding hydrogens is 332 g/mol. The van der Waals surface area contributed by atoms with Crippen molar-refractivity contribution in [3.63, 3.8) is 0 Å². The molecule has 1 N–H and O–H groups in total. The maximum absolute atomic E-state index is 12.4. The van der Waals surface area contributed by atoms with Gasteiger partial charge in [0, 0.05) is 18.0 Å². The zero-order valence-electron chi connectivity index (χ0n) is 14.7. The Balaban J connectivity index is 1.90. The summed E-state index contributed by atoms with van der Waals surface area (Å²) < 4.78 is 6.85. The van der Waals surface area contributed by atoms with Gasteiger partial charge in [-0.1, -0.05) is 12.1 Å². The van der Waals surface area contributed by atoms with Gasteiger partial charge in [-0.25, -0.2) is 4.98 Å². The van der Waals surface area contributed by atoms with Gasteiger partial charge in [0.15, 0.2) is 0 Å². The minimum Gasteiger partial charge on any atom is -0.465 e. The highest BCUT2D eigenvalue weighted by Crippen LogP contribution is 2.21. The van der Waals surface area contributed by atoms with Gasteiger partial charge in [0.05, 0.1) is 23.7 Å². The molecule has 134 valence electrons. The van der Waals surface area contributed by atoms with Gasteiger partial charge < -0.3 is 14.6 Å². The van der Waals surface area contributed by atoms with Crippen molar-refractivity contribution in [2.75, 3.05) is 6.61 Å². The number of carbonyl (C=O) groups is 2. The van der Waals surface area contributed by atoms with Crippen LogP contribution in [0.15, 0.2) is 48.8 Å². The molecular formula is C19H20N4O3. The molecule has 2 aromatic heterocycles. The van der Waals surface area contributed by atoms with Gasteiger partial charge in [0.25, 0.3) is 5.91 Å². The number of amides is 1. The highest BCUT2D eigenvalue weighted by Gasteiger charge is 2.20. The van der Waals surface area contributed by atoms with E-state index < -0.39 is 6.04 Å². The van der Waals surface area contributed by atoms with Crippen molar-refractivity contribution < 1.29 is 14.3 Å². The Kier molecular flexibility index (Phi) is 5.26. The predicted octanol–water partition coefficient (Wildman–Crippen LogP) is 2.49. The number of aromatic nitrogens is 3. The van der Waals surface area contributed by atoms with E-state index in [2.05, 4.69) is 15.3 Å². The quantitative estimate of drug-likeness (QED) is 0.689. The molecule has 7 heteroatoms. The molecule has 1 unspecified atom stereocenters. The van der Waals surface area contributed by atoms with E-state index in [1.165, 1.54) is 0 Å². The van der Waals surface area contributed by atoms with Crippen LogP contribution in [0.3, 0.4) is 0 Å². The fourth-order valence-electron chi connectivity index (χ4n) is 2.77. The van der Waals surface area contributed by atoms with Crippen LogP contribution in [0.2, 0.25) is 0 Å². The molecule has 7 nitrogen and oxygen atoms in total. The largest absolute Gasteiger partial charge is 0.465 e.